The first-order valence-corrected chi connectivity index (χ1v) is 7.05. The second kappa shape index (κ2) is 5.49. The fourth-order valence-electron chi connectivity index (χ4n) is 2.41. The molecule has 102 valence electrons. The van der Waals surface area contributed by atoms with E-state index in [-0.39, 0.29) is 5.69 Å². The third-order valence-electron chi connectivity index (χ3n) is 3.36. The number of hydrogen-bond donors (Lipinski definition) is 1. The molecule has 1 aliphatic heterocycles. The quantitative estimate of drug-likeness (QED) is 0.840. The van der Waals surface area contributed by atoms with Gasteiger partial charge in [0.15, 0.2) is 0 Å². The third-order valence-corrected chi connectivity index (χ3v) is 4.53. The highest BCUT2D eigenvalue weighted by molar-refractivity contribution is 7.17. The van der Waals surface area contributed by atoms with Gasteiger partial charge < -0.3 is 15.4 Å². The molecular formula is C13H17N3O2S. The predicted molar refractivity (Wildman–Crippen MR) is 75.4 cm³/mol. The van der Waals surface area contributed by atoms with Crippen LogP contribution in [0.5, 0.6) is 0 Å². The molecule has 0 aromatic carbocycles. The molecule has 0 spiro atoms. The minimum atomic E-state index is -0.469. The molecule has 1 aromatic rings. The van der Waals surface area contributed by atoms with Gasteiger partial charge in [-0.1, -0.05) is 6.92 Å². The Bertz CT molecular complexity index is 533. The second-order valence-electron chi connectivity index (χ2n) is 4.82. The van der Waals surface area contributed by atoms with E-state index in [0.29, 0.717) is 16.4 Å². The molecule has 1 atom stereocenters. The van der Waals surface area contributed by atoms with Gasteiger partial charge in [-0.05, 0) is 18.8 Å². The monoisotopic (exact) mass is 279 g/mol. The Morgan fingerprint density at radius 2 is 2.37 bits per heavy atom. The summed E-state index contributed by atoms with van der Waals surface area (Å²) in [5.74, 6) is 0.108. The van der Waals surface area contributed by atoms with Crippen molar-refractivity contribution < 1.29 is 9.53 Å². The van der Waals surface area contributed by atoms with E-state index in [1.807, 2.05) is 6.07 Å². The lowest BCUT2D eigenvalue weighted by Crippen LogP contribution is -2.34. The van der Waals surface area contributed by atoms with Gasteiger partial charge in [0.25, 0.3) is 0 Å². The summed E-state index contributed by atoms with van der Waals surface area (Å²) in [7, 11) is 1.33. The van der Waals surface area contributed by atoms with Crippen molar-refractivity contribution in [2.45, 2.75) is 19.8 Å². The molecule has 0 saturated carbocycles. The third kappa shape index (κ3) is 2.51. The Balaban J connectivity index is 2.44. The largest absolute Gasteiger partial charge is 0.465 e. The molecule has 1 unspecified atom stereocenters. The Morgan fingerprint density at radius 3 is 2.95 bits per heavy atom. The van der Waals surface area contributed by atoms with Crippen LogP contribution >= 0.6 is 11.3 Å². The Labute approximate surface area is 116 Å². The molecule has 1 fully saturated rings. The minimum Gasteiger partial charge on any atom is -0.465 e. The standard InChI is InChI=1S/C13H17N3O2S/c1-8-4-3-5-16(7-8)12-10(13(17)18-2)11(15)9(6-14)19-12/h8H,3-5,7,15H2,1-2H3. The molecule has 19 heavy (non-hydrogen) atoms. The minimum absolute atomic E-state index is 0.243. The van der Waals surface area contributed by atoms with Gasteiger partial charge in [-0.3, -0.25) is 0 Å². The van der Waals surface area contributed by atoms with E-state index >= 15 is 0 Å². The van der Waals surface area contributed by atoms with Crippen molar-refractivity contribution in [1.29, 1.82) is 5.26 Å². The Morgan fingerprint density at radius 1 is 1.63 bits per heavy atom. The molecular weight excluding hydrogens is 262 g/mol. The van der Waals surface area contributed by atoms with Crippen LogP contribution in [0.4, 0.5) is 10.7 Å². The molecule has 5 nitrogen and oxygen atoms in total. The van der Waals surface area contributed by atoms with Crippen LogP contribution in [-0.4, -0.2) is 26.2 Å². The number of hydrogen-bond acceptors (Lipinski definition) is 6. The molecule has 0 bridgehead atoms. The van der Waals surface area contributed by atoms with Gasteiger partial charge in [0.05, 0.1) is 12.8 Å². The van der Waals surface area contributed by atoms with E-state index in [2.05, 4.69) is 11.8 Å². The van der Waals surface area contributed by atoms with Crippen LogP contribution < -0.4 is 10.6 Å². The number of piperidine rings is 1. The summed E-state index contributed by atoms with van der Waals surface area (Å²) in [6.07, 6.45) is 2.28. The van der Waals surface area contributed by atoms with Gasteiger partial charge >= 0.3 is 5.97 Å². The van der Waals surface area contributed by atoms with Gasteiger partial charge in [0, 0.05) is 13.1 Å². The van der Waals surface area contributed by atoms with E-state index in [4.69, 9.17) is 15.7 Å². The van der Waals surface area contributed by atoms with Crippen molar-refractivity contribution in [3.8, 4) is 6.07 Å². The molecule has 1 saturated heterocycles. The average Bonchev–Trinajstić information content (AvgIpc) is 2.75. The van der Waals surface area contributed by atoms with Crippen LogP contribution in [0.15, 0.2) is 0 Å². The fourth-order valence-corrected chi connectivity index (χ4v) is 3.45. The maximum Gasteiger partial charge on any atom is 0.343 e. The number of esters is 1. The number of ether oxygens (including phenoxy) is 1. The Kier molecular flexibility index (Phi) is 3.96. The van der Waals surface area contributed by atoms with Crippen molar-refractivity contribution >= 4 is 28.0 Å². The highest BCUT2D eigenvalue weighted by Gasteiger charge is 2.28. The van der Waals surface area contributed by atoms with Crippen molar-refractivity contribution in [1.82, 2.24) is 0 Å². The lowest BCUT2D eigenvalue weighted by atomic mass is 10.0. The molecule has 2 N–H and O–H groups in total. The van der Waals surface area contributed by atoms with Crippen LogP contribution in [0.1, 0.15) is 35.0 Å². The summed E-state index contributed by atoms with van der Waals surface area (Å²) in [5, 5.41) is 9.84. The first-order valence-electron chi connectivity index (χ1n) is 6.24. The normalized spacial score (nSPS) is 19.0. The van der Waals surface area contributed by atoms with E-state index in [1.54, 1.807) is 0 Å². The lowest BCUT2D eigenvalue weighted by molar-refractivity contribution is 0.0603. The number of nitrogen functional groups attached to an aromatic ring is 1. The fraction of sp³-hybridized carbons (Fsp3) is 0.538. The van der Waals surface area contributed by atoms with Gasteiger partial charge in [-0.25, -0.2) is 4.79 Å². The summed E-state index contributed by atoms with van der Waals surface area (Å²) in [6, 6.07) is 2.04. The summed E-state index contributed by atoms with van der Waals surface area (Å²) >= 11 is 1.28. The average molecular weight is 279 g/mol. The van der Waals surface area contributed by atoms with E-state index in [9.17, 15) is 4.79 Å². The van der Waals surface area contributed by atoms with Crippen LogP contribution in [0, 0.1) is 17.2 Å². The van der Waals surface area contributed by atoms with Crippen LogP contribution in [0.3, 0.4) is 0 Å². The van der Waals surface area contributed by atoms with Crippen LogP contribution in [0.2, 0.25) is 0 Å². The zero-order chi connectivity index (χ0) is 14.0. The first-order chi connectivity index (χ1) is 9.08. The number of nitrogens with zero attached hydrogens (tertiary/aromatic N) is 2. The van der Waals surface area contributed by atoms with Crippen LogP contribution in [-0.2, 0) is 4.74 Å². The zero-order valence-corrected chi connectivity index (χ0v) is 11.9. The van der Waals surface area contributed by atoms with Gasteiger partial charge in [-0.2, -0.15) is 5.26 Å². The second-order valence-corrected chi connectivity index (χ2v) is 5.82. The number of nitriles is 1. The summed E-state index contributed by atoms with van der Waals surface area (Å²) in [6.45, 7) is 3.96. The number of carbonyl (C=O) groups excluding carboxylic acids is 1. The molecule has 2 heterocycles. The first kappa shape index (κ1) is 13.7. The molecule has 0 radical (unpaired) electrons. The van der Waals surface area contributed by atoms with E-state index in [0.717, 1.165) is 24.5 Å². The smallest absolute Gasteiger partial charge is 0.343 e. The van der Waals surface area contributed by atoms with Crippen molar-refractivity contribution in [3.63, 3.8) is 0 Å². The van der Waals surface area contributed by atoms with E-state index in [1.165, 1.54) is 24.9 Å². The molecule has 0 amide bonds. The number of methoxy groups -OCH3 is 1. The van der Waals surface area contributed by atoms with Gasteiger partial charge in [0.1, 0.15) is 21.5 Å². The summed E-state index contributed by atoms with van der Waals surface area (Å²) in [5.41, 5.74) is 6.48. The highest BCUT2D eigenvalue weighted by Crippen LogP contribution is 2.39. The van der Waals surface area contributed by atoms with Crippen molar-refractivity contribution in [2.75, 3.05) is 30.8 Å². The lowest BCUT2D eigenvalue weighted by Gasteiger charge is -2.32. The van der Waals surface area contributed by atoms with E-state index < -0.39 is 5.97 Å². The van der Waals surface area contributed by atoms with Crippen molar-refractivity contribution in [2.24, 2.45) is 5.92 Å². The zero-order valence-electron chi connectivity index (χ0n) is 11.1. The number of nitrogens with two attached hydrogens (primary N) is 1. The Hall–Kier alpha value is -1.74. The molecule has 0 aliphatic carbocycles. The SMILES string of the molecule is COC(=O)c1c(N2CCCC(C)C2)sc(C#N)c1N. The van der Waals surface area contributed by atoms with Crippen molar-refractivity contribution in [3.05, 3.63) is 10.4 Å². The summed E-state index contributed by atoms with van der Waals surface area (Å²) in [4.78, 5) is 14.4. The molecule has 1 aliphatic rings. The maximum atomic E-state index is 11.9. The number of anilines is 2. The highest BCUT2D eigenvalue weighted by atomic mass is 32.1. The number of carbonyl (C=O) groups is 1. The molecule has 6 heteroatoms. The number of thiophene rings is 1. The number of rotatable bonds is 2. The van der Waals surface area contributed by atoms with Gasteiger partial charge in [0.2, 0.25) is 0 Å². The molecule has 1 aromatic heterocycles. The molecule has 2 rings (SSSR count). The van der Waals surface area contributed by atoms with Gasteiger partial charge in [-0.15, -0.1) is 11.3 Å². The topological polar surface area (TPSA) is 79.3 Å². The van der Waals surface area contributed by atoms with Crippen LogP contribution in [0.25, 0.3) is 0 Å². The maximum absolute atomic E-state index is 11.9. The summed E-state index contributed by atoms with van der Waals surface area (Å²) < 4.78 is 4.78. The predicted octanol–water partition coefficient (Wildman–Crippen LogP) is 2.22.